The zero-order valence-corrected chi connectivity index (χ0v) is 6.50. The molecule has 3 N–H and O–H groups in total. The van der Waals surface area contributed by atoms with Crippen LogP contribution in [0.15, 0.2) is 0 Å². The molecule has 0 aliphatic heterocycles. The fraction of sp³-hybridized carbons (Fsp3) is 0.857. The number of aliphatic hydroxyl groups is 1. The molecule has 0 rings (SSSR count). The molecule has 0 aromatic heterocycles. The minimum atomic E-state index is -0.567. The van der Waals surface area contributed by atoms with Crippen LogP contribution in [0.1, 0.15) is 26.7 Å². The molecule has 0 aliphatic rings. The van der Waals surface area contributed by atoms with Crippen molar-refractivity contribution >= 4 is 5.91 Å². The second-order valence-corrected chi connectivity index (χ2v) is 2.55. The molecule has 3 heteroatoms. The van der Waals surface area contributed by atoms with E-state index in [0.717, 1.165) is 6.42 Å². The monoisotopic (exact) mass is 145 g/mol. The lowest BCUT2D eigenvalue weighted by Gasteiger charge is -2.13. The fourth-order valence-electron chi connectivity index (χ4n) is 0.735. The predicted octanol–water partition coefficient (Wildman–Crippen LogP) is 0.269. The topological polar surface area (TPSA) is 63.3 Å². The minimum Gasteiger partial charge on any atom is -0.392 e. The maximum Gasteiger partial charge on any atom is 0.222 e. The van der Waals surface area contributed by atoms with Crippen molar-refractivity contribution < 1.29 is 9.90 Å². The van der Waals surface area contributed by atoms with Crippen molar-refractivity contribution in [2.45, 2.75) is 32.8 Å². The van der Waals surface area contributed by atoms with Gasteiger partial charge in [0.2, 0.25) is 5.91 Å². The number of amides is 1. The summed E-state index contributed by atoms with van der Waals surface area (Å²) in [4.78, 5) is 10.5. The number of nitrogens with two attached hydrogens (primary N) is 1. The number of hydrogen-bond donors (Lipinski definition) is 2. The van der Waals surface area contributed by atoms with Gasteiger partial charge < -0.3 is 10.8 Å². The van der Waals surface area contributed by atoms with Gasteiger partial charge in [-0.3, -0.25) is 4.79 Å². The highest BCUT2D eigenvalue weighted by Crippen LogP contribution is 2.07. The summed E-state index contributed by atoms with van der Waals surface area (Å²) in [6.45, 7) is 3.60. The Kier molecular flexibility index (Phi) is 4.03. The van der Waals surface area contributed by atoms with Crippen molar-refractivity contribution in [3.63, 3.8) is 0 Å². The molecule has 0 fully saturated rings. The van der Waals surface area contributed by atoms with Crippen molar-refractivity contribution in [3.8, 4) is 0 Å². The van der Waals surface area contributed by atoms with Crippen LogP contribution in [0, 0.1) is 5.92 Å². The smallest absolute Gasteiger partial charge is 0.222 e. The Morgan fingerprint density at radius 2 is 2.20 bits per heavy atom. The van der Waals surface area contributed by atoms with E-state index in [-0.39, 0.29) is 0 Å². The minimum absolute atomic E-state index is 0.417. The summed E-state index contributed by atoms with van der Waals surface area (Å²) < 4.78 is 0. The molecule has 10 heavy (non-hydrogen) atoms. The molecule has 0 radical (unpaired) electrons. The van der Waals surface area contributed by atoms with Crippen molar-refractivity contribution in [2.75, 3.05) is 0 Å². The van der Waals surface area contributed by atoms with Crippen molar-refractivity contribution in [2.24, 2.45) is 11.7 Å². The maximum absolute atomic E-state index is 10.5. The van der Waals surface area contributed by atoms with Crippen LogP contribution in [0.2, 0.25) is 0 Å². The van der Waals surface area contributed by atoms with Crippen LogP contribution in [0.5, 0.6) is 0 Å². The van der Waals surface area contributed by atoms with Gasteiger partial charge in [0.1, 0.15) is 0 Å². The quantitative estimate of drug-likeness (QED) is 0.596. The first-order valence-electron chi connectivity index (χ1n) is 3.57. The lowest BCUT2D eigenvalue weighted by molar-refractivity contribution is -0.124. The first kappa shape index (κ1) is 9.43. The Labute approximate surface area is 61.2 Å². The average molecular weight is 145 g/mol. The molecule has 1 amide bonds. The second kappa shape index (κ2) is 4.28. The molecule has 3 nitrogen and oxygen atoms in total. The summed E-state index contributed by atoms with van der Waals surface area (Å²) >= 11 is 0. The largest absolute Gasteiger partial charge is 0.392 e. The van der Waals surface area contributed by atoms with E-state index in [1.165, 1.54) is 0 Å². The first-order valence-corrected chi connectivity index (χ1v) is 3.57. The van der Waals surface area contributed by atoms with Crippen LogP contribution < -0.4 is 5.73 Å². The Bertz CT molecular complexity index is 114. The Morgan fingerprint density at radius 1 is 1.70 bits per heavy atom. The van der Waals surface area contributed by atoms with Crippen LogP contribution >= 0.6 is 0 Å². The third kappa shape index (κ3) is 2.82. The highest BCUT2D eigenvalue weighted by Gasteiger charge is 2.17. The molecule has 0 aromatic carbocycles. The molecule has 0 aromatic rings. The van der Waals surface area contributed by atoms with Gasteiger partial charge in [-0.05, 0) is 6.42 Å². The number of hydrogen-bond acceptors (Lipinski definition) is 2. The third-order valence-electron chi connectivity index (χ3n) is 1.61. The van der Waals surface area contributed by atoms with Crippen LogP contribution in [-0.4, -0.2) is 17.1 Å². The van der Waals surface area contributed by atoms with Crippen molar-refractivity contribution in [3.05, 3.63) is 0 Å². The Balaban J connectivity index is 3.69. The molecule has 0 unspecified atom stereocenters. The molecule has 0 heterocycles. The van der Waals surface area contributed by atoms with E-state index in [1.54, 1.807) is 6.92 Å². The van der Waals surface area contributed by atoms with Crippen LogP contribution in [-0.2, 0) is 4.79 Å². The van der Waals surface area contributed by atoms with Gasteiger partial charge >= 0.3 is 0 Å². The third-order valence-corrected chi connectivity index (χ3v) is 1.61. The van der Waals surface area contributed by atoms with Crippen molar-refractivity contribution in [1.82, 2.24) is 0 Å². The fourth-order valence-corrected chi connectivity index (χ4v) is 0.735. The molecule has 0 spiro atoms. The van der Waals surface area contributed by atoms with Crippen LogP contribution in [0.25, 0.3) is 0 Å². The summed E-state index contributed by atoms with van der Waals surface area (Å²) in [5.41, 5.74) is 4.97. The molecule has 0 saturated heterocycles. The summed E-state index contributed by atoms with van der Waals surface area (Å²) in [5.74, 6) is -0.846. The molecule has 2 atom stereocenters. The van der Waals surface area contributed by atoms with E-state index in [2.05, 4.69) is 0 Å². The van der Waals surface area contributed by atoms with E-state index in [1.807, 2.05) is 6.92 Å². The van der Waals surface area contributed by atoms with Crippen LogP contribution in [0.4, 0.5) is 0 Å². The number of primary amides is 1. The average Bonchev–Trinajstić information content (AvgIpc) is 1.87. The van der Waals surface area contributed by atoms with E-state index in [9.17, 15) is 9.90 Å². The molecule has 0 bridgehead atoms. The Hall–Kier alpha value is -0.570. The van der Waals surface area contributed by atoms with E-state index in [4.69, 9.17) is 5.73 Å². The lowest BCUT2D eigenvalue weighted by atomic mass is 10.0. The summed E-state index contributed by atoms with van der Waals surface area (Å²) in [6, 6.07) is 0. The predicted molar refractivity (Wildman–Crippen MR) is 39.3 cm³/mol. The molecular formula is C7H15NO2. The molecule has 0 aliphatic carbocycles. The second-order valence-electron chi connectivity index (χ2n) is 2.55. The molecule has 0 saturated carbocycles. The van der Waals surface area contributed by atoms with Gasteiger partial charge in [-0.25, -0.2) is 0 Å². The van der Waals surface area contributed by atoms with E-state index in [0.29, 0.717) is 6.42 Å². The number of aliphatic hydroxyl groups excluding tert-OH is 1. The van der Waals surface area contributed by atoms with Gasteiger partial charge in [0.15, 0.2) is 0 Å². The number of rotatable bonds is 4. The highest BCUT2D eigenvalue weighted by atomic mass is 16.3. The molecule has 60 valence electrons. The van der Waals surface area contributed by atoms with Gasteiger partial charge in [0.05, 0.1) is 12.0 Å². The summed E-state index contributed by atoms with van der Waals surface area (Å²) in [6.07, 6.45) is 0.950. The zero-order valence-electron chi connectivity index (χ0n) is 6.50. The standard InChI is InChI=1S/C7H15NO2/c1-3-4-6(9)5(2)7(8)10/h5-6,9H,3-4H2,1-2H3,(H2,8,10)/t5-,6+/m0/s1. The highest BCUT2D eigenvalue weighted by molar-refractivity contribution is 5.76. The van der Waals surface area contributed by atoms with Gasteiger partial charge in [-0.2, -0.15) is 0 Å². The summed E-state index contributed by atoms with van der Waals surface area (Å²) in [7, 11) is 0. The zero-order chi connectivity index (χ0) is 8.15. The van der Waals surface area contributed by atoms with Crippen LogP contribution in [0.3, 0.4) is 0 Å². The van der Waals surface area contributed by atoms with Gasteiger partial charge in [0.25, 0.3) is 0 Å². The van der Waals surface area contributed by atoms with E-state index < -0.39 is 17.9 Å². The maximum atomic E-state index is 10.5. The van der Waals surface area contributed by atoms with Gasteiger partial charge in [-0.1, -0.05) is 20.3 Å². The number of carbonyl (C=O) groups is 1. The van der Waals surface area contributed by atoms with Gasteiger partial charge in [-0.15, -0.1) is 0 Å². The Morgan fingerprint density at radius 3 is 2.50 bits per heavy atom. The van der Waals surface area contributed by atoms with E-state index >= 15 is 0 Å². The SMILES string of the molecule is CCC[C@@H](O)[C@H](C)C(N)=O. The van der Waals surface area contributed by atoms with Gasteiger partial charge in [0, 0.05) is 0 Å². The lowest BCUT2D eigenvalue weighted by Crippen LogP contribution is -2.30. The van der Waals surface area contributed by atoms with Crippen molar-refractivity contribution in [1.29, 1.82) is 0 Å². The normalized spacial score (nSPS) is 16.3. The first-order chi connectivity index (χ1) is 4.59. The number of carbonyl (C=O) groups excluding carboxylic acids is 1. The molecular weight excluding hydrogens is 130 g/mol. The summed E-state index contributed by atoms with van der Waals surface area (Å²) in [5, 5.41) is 9.19.